The molecule has 0 aliphatic heterocycles. The summed E-state index contributed by atoms with van der Waals surface area (Å²) in [4.78, 5) is 24.3. The zero-order valence-electron chi connectivity index (χ0n) is 12.3. The van der Waals surface area contributed by atoms with E-state index in [1.165, 1.54) is 16.2 Å². The molecule has 0 saturated carbocycles. The van der Waals surface area contributed by atoms with Crippen molar-refractivity contribution in [1.82, 2.24) is 15.3 Å². The van der Waals surface area contributed by atoms with Gasteiger partial charge in [0.25, 0.3) is 5.91 Å². The molecular weight excluding hydrogens is 306 g/mol. The number of carbonyl (C=O) groups excluding carboxylic acids is 1. The third kappa shape index (κ3) is 3.70. The molecule has 0 aliphatic carbocycles. The molecule has 3 N–H and O–H groups in total. The second-order valence-electron chi connectivity index (χ2n) is 4.48. The van der Waals surface area contributed by atoms with Crippen molar-refractivity contribution in [3.8, 4) is 0 Å². The van der Waals surface area contributed by atoms with Crippen molar-refractivity contribution >= 4 is 39.5 Å². The average Bonchev–Trinajstić information content (AvgIpc) is 3.10. The topological polar surface area (TPSA) is 84.1 Å². The van der Waals surface area contributed by atoms with Crippen LogP contribution in [0, 0.1) is 0 Å². The van der Waals surface area contributed by atoms with Gasteiger partial charge in [0.15, 0.2) is 5.13 Å². The summed E-state index contributed by atoms with van der Waals surface area (Å²) < 4.78 is 0. The SMILES string of the molecule is CCc1cnc(CNC(=O)c2sc(N(C)CC)nc2N)s1. The van der Waals surface area contributed by atoms with Gasteiger partial charge in [-0.1, -0.05) is 18.3 Å². The number of hydrogen-bond donors (Lipinski definition) is 2. The minimum atomic E-state index is -0.200. The predicted octanol–water partition coefficient (Wildman–Crippen LogP) is 2.13. The quantitative estimate of drug-likeness (QED) is 0.850. The number of aryl methyl sites for hydroxylation is 1. The fraction of sp³-hybridized carbons (Fsp3) is 0.462. The number of amides is 1. The monoisotopic (exact) mass is 325 g/mol. The third-order valence-corrected chi connectivity index (χ3v) is 5.33. The molecule has 0 saturated heterocycles. The number of hydrogen-bond acceptors (Lipinski definition) is 7. The Labute approximate surface area is 132 Å². The first kappa shape index (κ1) is 15.7. The molecule has 1 amide bonds. The molecule has 21 heavy (non-hydrogen) atoms. The highest BCUT2D eigenvalue weighted by molar-refractivity contribution is 7.18. The number of nitrogens with two attached hydrogens (primary N) is 1. The minimum Gasteiger partial charge on any atom is -0.382 e. The van der Waals surface area contributed by atoms with E-state index < -0.39 is 0 Å². The molecule has 8 heteroatoms. The maximum Gasteiger partial charge on any atom is 0.265 e. The van der Waals surface area contributed by atoms with Gasteiger partial charge < -0.3 is 16.0 Å². The summed E-state index contributed by atoms with van der Waals surface area (Å²) in [6, 6.07) is 0. The molecule has 2 heterocycles. The van der Waals surface area contributed by atoms with Crippen molar-refractivity contribution in [2.24, 2.45) is 0 Å². The Kier molecular flexibility index (Phi) is 5.13. The minimum absolute atomic E-state index is 0.200. The van der Waals surface area contributed by atoms with Crippen LogP contribution in [0.25, 0.3) is 0 Å². The summed E-state index contributed by atoms with van der Waals surface area (Å²) in [6.45, 7) is 5.33. The number of anilines is 2. The van der Waals surface area contributed by atoms with Crippen LogP contribution in [0.3, 0.4) is 0 Å². The van der Waals surface area contributed by atoms with Crippen LogP contribution in [0.5, 0.6) is 0 Å². The standard InChI is InChI=1S/C13H19N5OS2/c1-4-8-6-15-9(20-8)7-16-12(19)10-11(14)17-13(21-10)18(3)5-2/h6H,4-5,7,14H2,1-3H3,(H,16,19). The smallest absolute Gasteiger partial charge is 0.265 e. The van der Waals surface area contributed by atoms with Crippen LogP contribution in [-0.2, 0) is 13.0 Å². The fourth-order valence-electron chi connectivity index (χ4n) is 1.61. The summed E-state index contributed by atoms with van der Waals surface area (Å²) in [5.41, 5.74) is 5.83. The third-order valence-electron chi connectivity index (χ3n) is 3.00. The number of carbonyl (C=O) groups is 1. The lowest BCUT2D eigenvalue weighted by molar-refractivity contribution is 0.0955. The van der Waals surface area contributed by atoms with Crippen LogP contribution in [0.2, 0.25) is 0 Å². The molecule has 2 aromatic rings. The van der Waals surface area contributed by atoms with E-state index in [1.807, 2.05) is 25.1 Å². The highest BCUT2D eigenvalue weighted by Crippen LogP contribution is 2.27. The van der Waals surface area contributed by atoms with Crippen molar-refractivity contribution in [2.45, 2.75) is 26.8 Å². The Bertz CT molecular complexity index is 622. The lowest BCUT2D eigenvalue weighted by atomic mass is 10.4. The van der Waals surface area contributed by atoms with E-state index in [0.29, 0.717) is 11.4 Å². The maximum atomic E-state index is 12.2. The van der Waals surface area contributed by atoms with Crippen LogP contribution in [-0.4, -0.2) is 29.5 Å². The Morgan fingerprint density at radius 1 is 1.43 bits per heavy atom. The van der Waals surface area contributed by atoms with Crippen LogP contribution in [0.1, 0.15) is 33.4 Å². The zero-order chi connectivity index (χ0) is 15.4. The molecule has 0 unspecified atom stereocenters. The molecule has 6 nitrogen and oxygen atoms in total. The Morgan fingerprint density at radius 2 is 2.19 bits per heavy atom. The van der Waals surface area contributed by atoms with E-state index in [9.17, 15) is 4.79 Å². The van der Waals surface area contributed by atoms with Gasteiger partial charge in [-0.05, 0) is 13.3 Å². The van der Waals surface area contributed by atoms with Crippen molar-refractivity contribution < 1.29 is 4.79 Å². The van der Waals surface area contributed by atoms with Crippen LogP contribution >= 0.6 is 22.7 Å². The van der Waals surface area contributed by atoms with Gasteiger partial charge in [-0.3, -0.25) is 4.79 Å². The van der Waals surface area contributed by atoms with E-state index in [4.69, 9.17) is 5.73 Å². The average molecular weight is 325 g/mol. The van der Waals surface area contributed by atoms with Crippen molar-refractivity contribution in [3.63, 3.8) is 0 Å². The first-order chi connectivity index (χ1) is 10.0. The van der Waals surface area contributed by atoms with Crippen molar-refractivity contribution in [2.75, 3.05) is 24.2 Å². The lowest BCUT2D eigenvalue weighted by Gasteiger charge is -2.10. The Morgan fingerprint density at radius 3 is 2.81 bits per heavy atom. The Hall–Kier alpha value is -1.67. The van der Waals surface area contributed by atoms with E-state index >= 15 is 0 Å². The van der Waals surface area contributed by atoms with Gasteiger partial charge in [-0.15, -0.1) is 11.3 Å². The van der Waals surface area contributed by atoms with Crippen LogP contribution in [0.4, 0.5) is 10.9 Å². The molecular formula is C13H19N5OS2. The molecule has 0 aliphatic rings. The number of aromatic nitrogens is 2. The van der Waals surface area contributed by atoms with Crippen LogP contribution in [0.15, 0.2) is 6.20 Å². The Balaban J connectivity index is 2.01. The number of thiazole rings is 2. The second kappa shape index (κ2) is 6.86. The summed E-state index contributed by atoms with van der Waals surface area (Å²) >= 11 is 2.92. The molecule has 2 aromatic heterocycles. The normalized spacial score (nSPS) is 10.6. The number of nitrogens with one attached hydrogen (secondary N) is 1. The first-order valence-electron chi connectivity index (χ1n) is 6.74. The first-order valence-corrected chi connectivity index (χ1v) is 8.37. The largest absolute Gasteiger partial charge is 0.382 e. The number of nitrogen functional groups attached to an aromatic ring is 1. The molecule has 0 aromatic carbocycles. The van der Waals surface area contributed by atoms with Gasteiger partial charge in [0.1, 0.15) is 15.7 Å². The molecule has 0 spiro atoms. The predicted molar refractivity (Wildman–Crippen MR) is 88.1 cm³/mol. The number of rotatable bonds is 6. The zero-order valence-corrected chi connectivity index (χ0v) is 14.0. The van der Waals surface area contributed by atoms with E-state index in [-0.39, 0.29) is 11.7 Å². The molecule has 114 valence electrons. The molecule has 0 radical (unpaired) electrons. The molecule has 0 fully saturated rings. The summed E-state index contributed by atoms with van der Waals surface area (Å²) in [5.74, 6) is 0.0789. The summed E-state index contributed by atoms with van der Waals surface area (Å²) in [5, 5.41) is 4.49. The van der Waals surface area contributed by atoms with Gasteiger partial charge in [-0.25, -0.2) is 9.97 Å². The fourth-order valence-corrected chi connectivity index (χ4v) is 3.34. The van der Waals surface area contributed by atoms with Gasteiger partial charge in [-0.2, -0.15) is 0 Å². The lowest BCUT2D eigenvalue weighted by Crippen LogP contribution is -2.22. The van der Waals surface area contributed by atoms with Gasteiger partial charge in [0, 0.05) is 24.7 Å². The highest BCUT2D eigenvalue weighted by atomic mass is 32.1. The summed E-state index contributed by atoms with van der Waals surface area (Å²) in [7, 11) is 1.92. The molecule has 0 atom stereocenters. The van der Waals surface area contributed by atoms with E-state index in [2.05, 4.69) is 22.2 Å². The van der Waals surface area contributed by atoms with E-state index in [1.54, 1.807) is 11.3 Å². The van der Waals surface area contributed by atoms with Gasteiger partial charge in [0.05, 0.1) is 6.54 Å². The molecule has 0 bridgehead atoms. The number of nitrogens with zero attached hydrogens (tertiary/aromatic N) is 3. The molecule has 2 rings (SSSR count). The van der Waals surface area contributed by atoms with Crippen molar-refractivity contribution in [3.05, 3.63) is 21.0 Å². The van der Waals surface area contributed by atoms with E-state index in [0.717, 1.165) is 23.1 Å². The van der Waals surface area contributed by atoms with Crippen molar-refractivity contribution in [1.29, 1.82) is 0 Å². The van der Waals surface area contributed by atoms with Gasteiger partial charge in [0.2, 0.25) is 0 Å². The highest BCUT2D eigenvalue weighted by Gasteiger charge is 2.17. The second-order valence-corrected chi connectivity index (χ2v) is 6.66. The summed E-state index contributed by atoms with van der Waals surface area (Å²) in [6.07, 6.45) is 2.81. The van der Waals surface area contributed by atoms with Gasteiger partial charge >= 0.3 is 0 Å². The maximum absolute atomic E-state index is 12.2. The van der Waals surface area contributed by atoms with Crippen LogP contribution < -0.4 is 16.0 Å².